The maximum Gasteiger partial charge on any atom is 0.122 e. The zero-order valence-corrected chi connectivity index (χ0v) is 11.8. The Bertz CT molecular complexity index is 135. The highest BCUT2D eigenvalue weighted by molar-refractivity contribution is 6.53. The van der Waals surface area contributed by atoms with E-state index >= 15 is 0 Å². The van der Waals surface area contributed by atoms with Gasteiger partial charge in [0.1, 0.15) is 19.4 Å². The third kappa shape index (κ3) is 5.71. The number of hydrogen-bond donors (Lipinski definition) is 0. The van der Waals surface area contributed by atoms with Gasteiger partial charge in [-0.25, -0.2) is 0 Å². The van der Waals surface area contributed by atoms with Gasteiger partial charge >= 0.3 is 0 Å². The van der Waals surface area contributed by atoms with Crippen molar-refractivity contribution in [3.63, 3.8) is 0 Å². The fourth-order valence-corrected chi connectivity index (χ4v) is 6.05. The van der Waals surface area contributed by atoms with Crippen LogP contribution in [0.1, 0.15) is 13.8 Å². The van der Waals surface area contributed by atoms with E-state index in [1.165, 1.54) is 5.67 Å². The molecule has 76 valence electrons. The minimum absolute atomic E-state index is 0.0486. The van der Waals surface area contributed by atoms with Crippen LogP contribution in [0.4, 0.5) is 0 Å². The van der Waals surface area contributed by atoms with Crippen LogP contribution in [0.25, 0.3) is 0 Å². The molecule has 0 saturated heterocycles. The van der Waals surface area contributed by atoms with Crippen molar-refractivity contribution >= 4 is 19.4 Å². The first-order valence-electron chi connectivity index (χ1n) is 5.01. The van der Waals surface area contributed by atoms with Crippen molar-refractivity contribution < 1.29 is 0 Å². The predicted octanol–water partition coefficient (Wildman–Crippen LogP) is 0.461. The molecular weight excluding hydrogens is 192 g/mol. The summed E-state index contributed by atoms with van der Waals surface area (Å²) >= 11 is 0. The molecule has 2 nitrogen and oxygen atoms in total. The topological polar surface area (TPSA) is 6.48 Å². The zero-order chi connectivity index (χ0) is 10.1. The number of hydrogen-bond acceptors (Lipinski definition) is 2. The average Bonchev–Trinajstić information content (AvgIpc) is 2.19. The van der Waals surface area contributed by atoms with E-state index in [0.29, 0.717) is 0 Å². The van der Waals surface area contributed by atoms with Crippen LogP contribution in [0.3, 0.4) is 0 Å². The van der Waals surface area contributed by atoms with Gasteiger partial charge < -0.3 is 9.13 Å². The molecule has 0 unspecified atom stereocenters. The Hall–Kier alpha value is -0.486. The van der Waals surface area contributed by atoms with Crippen molar-refractivity contribution in [2.45, 2.75) is 19.5 Å². The van der Waals surface area contributed by atoms with Gasteiger partial charge in [-0.3, -0.25) is 0 Å². The van der Waals surface area contributed by atoms with Crippen LogP contribution < -0.4 is 0 Å². The summed E-state index contributed by atoms with van der Waals surface area (Å²) in [6, 6.07) is 0. The summed E-state index contributed by atoms with van der Waals surface area (Å²) in [5.41, 5.74) is 1.44. The molecule has 0 aromatic heterocycles. The number of nitrogens with zero attached hydrogens (tertiary/aromatic N) is 2. The van der Waals surface area contributed by atoms with Gasteiger partial charge in [0.05, 0.1) is 0 Å². The predicted molar refractivity (Wildman–Crippen MR) is 67.0 cm³/mol. The molecule has 4 heteroatoms. The van der Waals surface area contributed by atoms with Crippen molar-refractivity contribution in [2.24, 2.45) is 0 Å². The average molecular weight is 214 g/mol. The molecule has 0 amide bonds. The number of rotatable bonds is 8. The van der Waals surface area contributed by atoms with Crippen molar-refractivity contribution in [1.29, 1.82) is 0 Å². The molecule has 0 saturated carbocycles. The van der Waals surface area contributed by atoms with Crippen LogP contribution >= 0.6 is 0 Å². The molecular formula is C9H22N2Si2. The second-order valence-electron chi connectivity index (χ2n) is 2.98. The minimum atomic E-state index is -0.0486. The first-order chi connectivity index (χ1) is 6.28. The maximum absolute atomic E-state index is 3.81. The molecule has 0 heterocycles. The normalized spacial score (nSPS) is 11.2. The summed E-state index contributed by atoms with van der Waals surface area (Å²) in [4.78, 5) is 0. The standard InChI is InChI=1S/C9H22N2Si2/c1-5-10(6-2)12-9-13-11(7-3)8-4/h5,7H,1,3,6,8-9,12-13H2,2,4H3. The second-order valence-corrected chi connectivity index (χ2v) is 8.32. The Morgan fingerprint density at radius 3 is 1.62 bits per heavy atom. The minimum Gasteiger partial charge on any atom is -0.410 e. The maximum atomic E-state index is 3.81. The van der Waals surface area contributed by atoms with Gasteiger partial charge in [0.15, 0.2) is 0 Å². The molecule has 0 aromatic rings. The molecule has 0 aliphatic carbocycles. The van der Waals surface area contributed by atoms with Crippen molar-refractivity contribution in [3.05, 3.63) is 25.6 Å². The zero-order valence-electron chi connectivity index (χ0n) is 9.00. The molecule has 0 aromatic carbocycles. The highest BCUT2D eigenvalue weighted by atomic mass is 28.3. The summed E-state index contributed by atoms with van der Waals surface area (Å²) in [6.45, 7) is 14.3. The van der Waals surface area contributed by atoms with E-state index in [4.69, 9.17) is 0 Å². The van der Waals surface area contributed by atoms with Crippen LogP contribution in [0.15, 0.2) is 25.6 Å². The summed E-state index contributed by atoms with van der Waals surface area (Å²) in [7, 11) is -0.0973. The molecule has 0 N–H and O–H groups in total. The van der Waals surface area contributed by atoms with E-state index in [0.717, 1.165) is 13.1 Å². The lowest BCUT2D eigenvalue weighted by atomic mass is 10.7. The van der Waals surface area contributed by atoms with E-state index in [-0.39, 0.29) is 19.4 Å². The monoisotopic (exact) mass is 214 g/mol. The molecule has 0 rings (SSSR count). The van der Waals surface area contributed by atoms with Crippen LogP contribution in [-0.2, 0) is 0 Å². The largest absolute Gasteiger partial charge is 0.410 e. The first kappa shape index (κ1) is 12.5. The smallest absolute Gasteiger partial charge is 0.122 e. The highest BCUT2D eigenvalue weighted by Crippen LogP contribution is 1.92. The molecule has 13 heavy (non-hydrogen) atoms. The van der Waals surface area contributed by atoms with Crippen LogP contribution in [0.2, 0.25) is 5.67 Å². The van der Waals surface area contributed by atoms with Crippen LogP contribution in [0, 0.1) is 0 Å². The van der Waals surface area contributed by atoms with E-state index < -0.39 is 0 Å². The second kappa shape index (κ2) is 8.13. The summed E-state index contributed by atoms with van der Waals surface area (Å²) in [6.07, 6.45) is 3.98. The summed E-state index contributed by atoms with van der Waals surface area (Å²) in [5, 5.41) is 0. The van der Waals surface area contributed by atoms with E-state index in [1.807, 2.05) is 12.4 Å². The van der Waals surface area contributed by atoms with Gasteiger partial charge in [-0.05, 0) is 31.9 Å². The molecule has 0 aliphatic heterocycles. The molecule has 0 bridgehead atoms. The Morgan fingerprint density at radius 2 is 1.38 bits per heavy atom. The fraction of sp³-hybridized carbons (Fsp3) is 0.556. The molecule has 0 aliphatic rings. The lowest BCUT2D eigenvalue weighted by Crippen LogP contribution is -2.28. The quantitative estimate of drug-likeness (QED) is 0.542. The highest BCUT2D eigenvalue weighted by Gasteiger charge is 1.99. The van der Waals surface area contributed by atoms with E-state index in [9.17, 15) is 0 Å². The Balaban J connectivity index is 3.52. The lowest BCUT2D eigenvalue weighted by Gasteiger charge is -2.20. The SMILES string of the molecule is C=CN(CC)[SiH2]C[SiH2]N(C=C)CC. The van der Waals surface area contributed by atoms with Gasteiger partial charge in [0.2, 0.25) is 0 Å². The Kier molecular flexibility index (Phi) is 7.82. The van der Waals surface area contributed by atoms with Crippen LogP contribution in [-0.4, -0.2) is 41.6 Å². The van der Waals surface area contributed by atoms with Crippen molar-refractivity contribution in [2.75, 3.05) is 13.1 Å². The Morgan fingerprint density at radius 1 is 1.00 bits per heavy atom. The van der Waals surface area contributed by atoms with Gasteiger partial charge in [-0.2, -0.15) is 0 Å². The van der Waals surface area contributed by atoms with Crippen molar-refractivity contribution in [1.82, 2.24) is 9.13 Å². The first-order valence-corrected chi connectivity index (χ1v) is 8.28. The van der Waals surface area contributed by atoms with Gasteiger partial charge in [0, 0.05) is 13.1 Å². The van der Waals surface area contributed by atoms with Crippen molar-refractivity contribution in [3.8, 4) is 0 Å². The lowest BCUT2D eigenvalue weighted by molar-refractivity contribution is 0.613. The third-order valence-corrected chi connectivity index (χ3v) is 7.31. The molecule has 0 spiro atoms. The summed E-state index contributed by atoms with van der Waals surface area (Å²) in [5.74, 6) is 0. The molecule has 0 fully saturated rings. The van der Waals surface area contributed by atoms with E-state index in [1.54, 1.807) is 0 Å². The molecule has 0 atom stereocenters. The fourth-order valence-electron chi connectivity index (χ4n) is 1.23. The third-order valence-electron chi connectivity index (χ3n) is 2.22. The van der Waals surface area contributed by atoms with Gasteiger partial charge in [-0.15, -0.1) is 0 Å². The van der Waals surface area contributed by atoms with E-state index in [2.05, 4.69) is 36.1 Å². The van der Waals surface area contributed by atoms with Crippen LogP contribution in [0.5, 0.6) is 0 Å². The van der Waals surface area contributed by atoms with Gasteiger partial charge in [-0.1, -0.05) is 13.2 Å². The summed E-state index contributed by atoms with van der Waals surface area (Å²) < 4.78 is 4.79. The molecule has 0 radical (unpaired) electrons. The van der Waals surface area contributed by atoms with Gasteiger partial charge in [0.25, 0.3) is 0 Å². The Labute approximate surface area is 87.1 Å².